The van der Waals surface area contributed by atoms with Gasteiger partial charge >= 0.3 is 0 Å². The predicted molar refractivity (Wildman–Crippen MR) is 85.9 cm³/mol. The van der Waals surface area contributed by atoms with Gasteiger partial charge in [0.1, 0.15) is 0 Å². The third-order valence-corrected chi connectivity index (χ3v) is 4.12. The summed E-state index contributed by atoms with van der Waals surface area (Å²) in [5.41, 5.74) is 0.0354. The molecule has 1 fully saturated rings. The molecule has 1 saturated heterocycles. The molecule has 1 atom stereocenters. The highest BCUT2D eigenvalue weighted by atomic mass is 19.2. The summed E-state index contributed by atoms with van der Waals surface area (Å²) in [6, 6.07) is 1.85. The number of nitrogens with one attached hydrogen (secondary N) is 1. The summed E-state index contributed by atoms with van der Waals surface area (Å²) in [6.45, 7) is 3.49. The molecule has 2 heterocycles. The van der Waals surface area contributed by atoms with Crippen LogP contribution in [-0.2, 0) is 0 Å². The van der Waals surface area contributed by atoms with E-state index in [9.17, 15) is 18.0 Å². The number of carbonyl (C=O) groups excluding carboxylic acids is 1. The molecule has 1 N–H and O–H groups in total. The van der Waals surface area contributed by atoms with E-state index in [2.05, 4.69) is 22.2 Å². The van der Waals surface area contributed by atoms with Crippen LogP contribution in [0.1, 0.15) is 30.1 Å². The van der Waals surface area contributed by atoms with Gasteiger partial charge in [-0.05, 0) is 30.9 Å². The van der Waals surface area contributed by atoms with Crippen molar-refractivity contribution >= 4 is 17.5 Å². The Morgan fingerprint density at radius 1 is 1.20 bits per heavy atom. The minimum atomic E-state index is -1.57. The van der Waals surface area contributed by atoms with E-state index < -0.39 is 17.5 Å². The van der Waals surface area contributed by atoms with Gasteiger partial charge in [0, 0.05) is 25.5 Å². The molecule has 132 valence electrons. The standard InChI is InChI=1S/C17H17F3N4O/c1-10-3-2-6-24(9-10)16(25)11-7-21-17(22-8-11)23-13-5-4-12(18)14(19)15(13)20/h4-5,7-8,10H,2-3,6,9H2,1H3,(H,21,22,23). The number of piperidine rings is 1. The van der Waals surface area contributed by atoms with Crippen molar-refractivity contribution in [2.75, 3.05) is 18.4 Å². The Labute approximate surface area is 142 Å². The maximum atomic E-state index is 13.6. The van der Waals surface area contributed by atoms with Crippen molar-refractivity contribution in [3.8, 4) is 0 Å². The van der Waals surface area contributed by atoms with Crippen LogP contribution in [0.2, 0.25) is 0 Å². The summed E-state index contributed by atoms with van der Waals surface area (Å²) in [7, 11) is 0. The van der Waals surface area contributed by atoms with E-state index in [-0.39, 0.29) is 17.5 Å². The fourth-order valence-electron chi connectivity index (χ4n) is 2.80. The lowest BCUT2D eigenvalue weighted by Crippen LogP contribution is -2.39. The average Bonchev–Trinajstić information content (AvgIpc) is 2.62. The van der Waals surface area contributed by atoms with Crippen LogP contribution in [0.25, 0.3) is 0 Å². The number of hydrogen-bond acceptors (Lipinski definition) is 4. The van der Waals surface area contributed by atoms with Gasteiger partial charge in [-0.25, -0.2) is 23.1 Å². The molecule has 1 aliphatic heterocycles. The molecule has 1 aromatic heterocycles. The second-order valence-corrected chi connectivity index (χ2v) is 6.14. The highest BCUT2D eigenvalue weighted by molar-refractivity contribution is 5.93. The number of benzene rings is 1. The molecular weight excluding hydrogens is 333 g/mol. The highest BCUT2D eigenvalue weighted by Gasteiger charge is 2.22. The van der Waals surface area contributed by atoms with Crippen LogP contribution in [-0.4, -0.2) is 33.9 Å². The first-order chi connectivity index (χ1) is 12.0. The Kier molecular flexibility index (Phi) is 4.87. The van der Waals surface area contributed by atoms with Gasteiger partial charge in [0.15, 0.2) is 17.5 Å². The number of rotatable bonds is 3. The van der Waals surface area contributed by atoms with Crippen LogP contribution in [0, 0.1) is 23.4 Å². The fourth-order valence-corrected chi connectivity index (χ4v) is 2.80. The van der Waals surface area contributed by atoms with E-state index in [4.69, 9.17) is 0 Å². The van der Waals surface area contributed by atoms with Crippen molar-refractivity contribution < 1.29 is 18.0 Å². The van der Waals surface area contributed by atoms with E-state index in [1.807, 2.05) is 0 Å². The van der Waals surface area contributed by atoms with Crippen LogP contribution in [0.4, 0.5) is 24.8 Å². The summed E-state index contributed by atoms with van der Waals surface area (Å²) in [6.07, 6.45) is 4.72. The molecule has 0 spiro atoms. The maximum absolute atomic E-state index is 13.6. The van der Waals surface area contributed by atoms with Crippen molar-refractivity contribution in [3.63, 3.8) is 0 Å². The van der Waals surface area contributed by atoms with Crippen LogP contribution < -0.4 is 5.32 Å². The largest absolute Gasteiger partial charge is 0.338 e. The van der Waals surface area contributed by atoms with Gasteiger partial charge in [0.2, 0.25) is 5.95 Å². The lowest BCUT2D eigenvalue weighted by molar-refractivity contribution is 0.0682. The number of halogens is 3. The first-order valence-corrected chi connectivity index (χ1v) is 7.97. The summed E-state index contributed by atoms with van der Waals surface area (Å²) < 4.78 is 39.8. The monoisotopic (exact) mass is 350 g/mol. The number of carbonyl (C=O) groups is 1. The lowest BCUT2D eigenvalue weighted by Gasteiger charge is -2.30. The zero-order valence-corrected chi connectivity index (χ0v) is 13.6. The smallest absolute Gasteiger partial charge is 0.257 e. The normalized spacial score (nSPS) is 17.4. The SMILES string of the molecule is CC1CCCN(C(=O)c2cnc(Nc3ccc(F)c(F)c3F)nc2)C1. The summed E-state index contributed by atoms with van der Waals surface area (Å²) >= 11 is 0. The van der Waals surface area contributed by atoms with Gasteiger partial charge in [0.25, 0.3) is 5.91 Å². The minimum Gasteiger partial charge on any atom is -0.338 e. The second-order valence-electron chi connectivity index (χ2n) is 6.14. The molecular formula is C17H17F3N4O. The molecule has 0 aliphatic carbocycles. The Morgan fingerprint density at radius 3 is 2.60 bits per heavy atom. The number of likely N-dealkylation sites (tertiary alicyclic amines) is 1. The molecule has 1 aliphatic rings. The number of nitrogens with zero attached hydrogens (tertiary/aromatic N) is 3. The van der Waals surface area contributed by atoms with Crippen molar-refractivity contribution in [2.24, 2.45) is 5.92 Å². The van der Waals surface area contributed by atoms with Crippen molar-refractivity contribution in [1.82, 2.24) is 14.9 Å². The summed E-state index contributed by atoms with van der Waals surface area (Å²) in [5.74, 6) is -3.93. The van der Waals surface area contributed by atoms with E-state index in [1.165, 1.54) is 12.4 Å². The second kappa shape index (κ2) is 7.08. The first-order valence-electron chi connectivity index (χ1n) is 7.97. The van der Waals surface area contributed by atoms with Crippen molar-refractivity contribution in [2.45, 2.75) is 19.8 Å². The molecule has 1 amide bonds. The maximum Gasteiger partial charge on any atom is 0.257 e. The van der Waals surface area contributed by atoms with E-state index >= 15 is 0 Å². The quantitative estimate of drug-likeness (QED) is 0.861. The molecule has 1 unspecified atom stereocenters. The Bertz CT molecular complexity index is 782. The molecule has 2 aromatic rings. The lowest BCUT2D eigenvalue weighted by atomic mass is 10.00. The van der Waals surface area contributed by atoms with Gasteiger partial charge in [-0.3, -0.25) is 4.79 Å². The summed E-state index contributed by atoms with van der Waals surface area (Å²) in [4.78, 5) is 22.1. The number of anilines is 2. The molecule has 0 saturated carbocycles. The van der Waals surface area contributed by atoms with Gasteiger partial charge in [-0.2, -0.15) is 0 Å². The van der Waals surface area contributed by atoms with Gasteiger partial charge in [0.05, 0.1) is 11.3 Å². The predicted octanol–water partition coefficient (Wildman–Crippen LogP) is 3.51. The highest BCUT2D eigenvalue weighted by Crippen LogP contribution is 2.22. The molecule has 1 aromatic carbocycles. The van der Waals surface area contributed by atoms with Crippen molar-refractivity contribution in [1.29, 1.82) is 0 Å². The van der Waals surface area contributed by atoms with Crippen LogP contribution in [0.3, 0.4) is 0 Å². The number of hydrogen-bond donors (Lipinski definition) is 1. The Balaban J connectivity index is 1.72. The topological polar surface area (TPSA) is 58.1 Å². The Hall–Kier alpha value is -2.64. The summed E-state index contributed by atoms with van der Waals surface area (Å²) in [5, 5.41) is 2.46. The molecule has 5 nitrogen and oxygen atoms in total. The van der Waals surface area contributed by atoms with Crippen LogP contribution >= 0.6 is 0 Å². The molecule has 0 radical (unpaired) electrons. The third-order valence-electron chi connectivity index (χ3n) is 4.12. The zero-order valence-electron chi connectivity index (χ0n) is 13.6. The van der Waals surface area contributed by atoms with E-state index in [0.29, 0.717) is 24.6 Å². The van der Waals surface area contributed by atoms with Crippen molar-refractivity contribution in [3.05, 3.63) is 47.5 Å². The van der Waals surface area contributed by atoms with E-state index in [1.54, 1.807) is 4.90 Å². The third kappa shape index (κ3) is 3.72. The number of aromatic nitrogens is 2. The minimum absolute atomic E-state index is 0.0199. The van der Waals surface area contributed by atoms with Crippen LogP contribution in [0.15, 0.2) is 24.5 Å². The Morgan fingerprint density at radius 2 is 1.92 bits per heavy atom. The molecule has 8 heteroatoms. The van der Waals surface area contributed by atoms with Crippen LogP contribution in [0.5, 0.6) is 0 Å². The fraction of sp³-hybridized carbons (Fsp3) is 0.353. The molecule has 0 bridgehead atoms. The molecule has 3 rings (SSSR count). The van der Waals surface area contributed by atoms with Gasteiger partial charge in [-0.1, -0.05) is 6.92 Å². The molecule has 25 heavy (non-hydrogen) atoms. The number of amides is 1. The average molecular weight is 350 g/mol. The van der Waals surface area contributed by atoms with Gasteiger partial charge in [-0.15, -0.1) is 0 Å². The zero-order chi connectivity index (χ0) is 18.0. The van der Waals surface area contributed by atoms with Gasteiger partial charge < -0.3 is 10.2 Å². The first kappa shape index (κ1) is 17.2. The van der Waals surface area contributed by atoms with E-state index in [0.717, 1.165) is 25.0 Å².